The van der Waals surface area contributed by atoms with Crippen molar-refractivity contribution in [2.24, 2.45) is 0 Å². The van der Waals surface area contributed by atoms with Crippen LogP contribution in [-0.2, 0) is 11.3 Å². The zero-order valence-electron chi connectivity index (χ0n) is 11.8. The standard InChI is InChI=1S/C14H20Br2N2O2/c1-18-3-4-20-12(9-18)8-17-7-10-5-11(15)6-13(16)14(10)19-2/h5-6,12,17H,3-4,7-9H2,1-2H3. The van der Waals surface area contributed by atoms with Crippen LogP contribution in [0.4, 0.5) is 0 Å². The highest BCUT2D eigenvalue weighted by Gasteiger charge is 2.17. The average Bonchev–Trinajstić information content (AvgIpc) is 2.38. The second-order valence-corrected chi connectivity index (χ2v) is 6.74. The Hall–Kier alpha value is -0.140. The van der Waals surface area contributed by atoms with E-state index in [9.17, 15) is 0 Å². The molecular weight excluding hydrogens is 388 g/mol. The van der Waals surface area contributed by atoms with Gasteiger partial charge < -0.3 is 19.7 Å². The van der Waals surface area contributed by atoms with E-state index < -0.39 is 0 Å². The van der Waals surface area contributed by atoms with Gasteiger partial charge in [-0.05, 0) is 35.1 Å². The summed E-state index contributed by atoms with van der Waals surface area (Å²) >= 11 is 7.03. The number of rotatable bonds is 5. The van der Waals surface area contributed by atoms with E-state index in [-0.39, 0.29) is 6.10 Å². The second kappa shape index (κ2) is 7.75. The minimum Gasteiger partial charge on any atom is -0.495 e. The molecular formula is C14H20Br2N2O2. The van der Waals surface area contributed by atoms with Gasteiger partial charge in [0.15, 0.2) is 0 Å². The van der Waals surface area contributed by atoms with E-state index in [0.717, 1.165) is 53.0 Å². The first kappa shape index (κ1) is 16.2. The predicted octanol–water partition coefficient (Wildman–Crippen LogP) is 2.64. The average molecular weight is 408 g/mol. The molecule has 0 saturated carbocycles. The van der Waals surface area contributed by atoms with Gasteiger partial charge in [0.2, 0.25) is 0 Å². The van der Waals surface area contributed by atoms with Crippen LogP contribution in [0.2, 0.25) is 0 Å². The first-order chi connectivity index (χ1) is 9.60. The summed E-state index contributed by atoms with van der Waals surface area (Å²) in [5, 5.41) is 3.45. The van der Waals surface area contributed by atoms with Crippen molar-refractivity contribution in [3.05, 3.63) is 26.6 Å². The third-order valence-corrected chi connectivity index (χ3v) is 4.37. The molecule has 1 saturated heterocycles. The predicted molar refractivity (Wildman–Crippen MR) is 87.3 cm³/mol. The Morgan fingerprint density at radius 2 is 2.25 bits per heavy atom. The molecule has 0 amide bonds. The maximum atomic E-state index is 5.74. The van der Waals surface area contributed by atoms with Crippen LogP contribution < -0.4 is 10.1 Å². The molecule has 4 nitrogen and oxygen atoms in total. The van der Waals surface area contributed by atoms with Crippen molar-refractivity contribution in [1.82, 2.24) is 10.2 Å². The summed E-state index contributed by atoms with van der Waals surface area (Å²) < 4.78 is 13.2. The molecule has 1 aromatic carbocycles. The molecule has 1 heterocycles. The number of likely N-dealkylation sites (N-methyl/N-ethyl adjacent to an activating group) is 1. The normalized spacial score (nSPS) is 20.1. The molecule has 1 fully saturated rings. The lowest BCUT2D eigenvalue weighted by Crippen LogP contribution is -2.44. The largest absolute Gasteiger partial charge is 0.495 e. The summed E-state index contributed by atoms with van der Waals surface area (Å²) in [6.45, 7) is 4.41. The molecule has 20 heavy (non-hydrogen) atoms. The zero-order chi connectivity index (χ0) is 14.5. The Kier molecular flexibility index (Phi) is 6.29. The second-order valence-electron chi connectivity index (χ2n) is 4.97. The summed E-state index contributed by atoms with van der Waals surface area (Å²) in [5.41, 5.74) is 1.12. The number of hydrogen-bond donors (Lipinski definition) is 1. The van der Waals surface area contributed by atoms with E-state index in [1.54, 1.807) is 7.11 Å². The van der Waals surface area contributed by atoms with E-state index in [2.05, 4.69) is 55.2 Å². The molecule has 1 aliphatic rings. The number of halogens is 2. The van der Waals surface area contributed by atoms with Gasteiger partial charge >= 0.3 is 0 Å². The quantitative estimate of drug-likeness (QED) is 0.813. The number of morpholine rings is 1. The van der Waals surface area contributed by atoms with E-state index >= 15 is 0 Å². The Balaban J connectivity index is 1.90. The molecule has 0 aliphatic carbocycles. The summed E-state index contributed by atoms with van der Waals surface area (Å²) in [7, 11) is 3.82. The van der Waals surface area contributed by atoms with Gasteiger partial charge in [0, 0.05) is 36.2 Å². The molecule has 1 unspecified atom stereocenters. The van der Waals surface area contributed by atoms with Gasteiger partial charge in [0.25, 0.3) is 0 Å². The topological polar surface area (TPSA) is 33.7 Å². The summed E-state index contributed by atoms with van der Waals surface area (Å²) in [5.74, 6) is 0.877. The van der Waals surface area contributed by atoms with E-state index in [1.807, 2.05) is 6.07 Å². The molecule has 0 bridgehead atoms. The van der Waals surface area contributed by atoms with Crippen molar-refractivity contribution in [1.29, 1.82) is 0 Å². The van der Waals surface area contributed by atoms with Gasteiger partial charge in [-0.15, -0.1) is 0 Å². The van der Waals surface area contributed by atoms with Gasteiger partial charge in [-0.3, -0.25) is 0 Å². The molecule has 6 heteroatoms. The van der Waals surface area contributed by atoms with Crippen LogP contribution in [0, 0.1) is 0 Å². The number of hydrogen-bond acceptors (Lipinski definition) is 4. The lowest BCUT2D eigenvalue weighted by Gasteiger charge is -2.30. The molecule has 0 spiro atoms. The van der Waals surface area contributed by atoms with Gasteiger partial charge in [-0.1, -0.05) is 15.9 Å². The van der Waals surface area contributed by atoms with Crippen molar-refractivity contribution >= 4 is 31.9 Å². The van der Waals surface area contributed by atoms with Crippen LogP contribution in [-0.4, -0.2) is 51.4 Å². The highest BCUT2D eigenvalue weighted by Crippen LogP contribution is 2.32. The Bertz CT molecular complexity index is 457. The highest BCUT2D eigenvalue weighted by atomic mass is 79.9. The van der Waals surface area contributed by atoms with Gasteiger partial charge in [0.05, 0.1) is 24.3 Å². The smallest absolute Gasteiger partial charge is 0.137 e. The fourth-order valence-electron chi connectivity index (χ4n) is 2.33. The number of nitrogens with one attached hydrogen (secondary N) is 1. The van der Waals surface area contributed by atoms with Crippen molar-refractivity contribution in [2.75, 3.05) is 40.4 Å². The van der Waals surface area contributed by atoms with Gasteiger partial charge in [0.1, 0.15) is 5.75 Å². The third kappa shape index (κ3) is 4.43. The monoisotopic (exact) mass is 406 g/mol. The van der Waals surface area contributed by atoms with Crippen LogP contribution in [0.5, 0.6) is 5.75 Å². The fraction of sp³-hybridized carbons (Fsp3) is 0.571. The van der Waals surface area contributed by atoms with Crippen LogP contribution >= 0.6 is 31.9 Å². The number of ether oxygens (including phenoxy) is 2. The molecule has 1 N–H and O–H groups in total. The molecule has 0 aromatic heterocycles. The van der Waals surface area contributed by atoms with E-state index in [4.69, 9.17) is 9.47 Å². The van der Waals surface area contributed by atoms with Crippen LogP contribution in [0.3, 0.4) is 0 Å². The fourth-order valence-corrected chi connectivity index (χ4v) is 3.81. The lowest BCUT2D eigenvalue weighted by atomic mass is 10.2. The number of methoxy groups -OCH3 is 1. The minimum atomic E-state index is 0.260. The number of benzene rings is 1. The molecule has 1 aliphatic heterocycles. The number of nitrogens with zero attached hydrogens (tertiary/aromatic N) is 1. The summed E-state index contributed by atoms with van der Waals surface area (Å²) in [6.07, 6.45) is 0.260. The molecule has 1 aromatic rings. The Labute approximate surface area is 137 Å². The van der Waals surface area contributed by atoms with Crippen LogP contribution in [0.25, 0.3) is 0 Å². The van der Waals surface area contributed by atoms with Crippen molar-refractivity contribution in [3.8, 4) is 5.75 Å². The van der Waals surface area contributed by atoms with Crippen molar-refractivity contribution in [2.45, 2.75) is 12.6 Å². The first-order valence-corrected chi connectivity index (χ1v) is 8.21. The van der Waals surface area contributed by atoms with E-state index in [1.165, 1.54) is 0 Å². The maximum Gasteiger partial charge on any atom is 0.137 e. The van der Waals surface area contributed by atoms with Gasteiger partial charge in [-0.2, -0.15) is 0 Å². The summed E-state index contributed by atoms with van der Waals surface area (Å²) in [4.78, 5) is 2.30. The molecule has 0 radical (unpaired) electrons. The highest BCUT2D eigenvalue weighted by molar-refractivity contribution is 9.11. The Morgan fingerprint density at radius 1 is 1.45 bits per heavy atom. The van der Waals surface area contributed by atoms with E-state index in [0.29, 0.717) is 0 Å². The lowest BCUT2D eigenvalue weighted by molar-refractivity contribution is -0.0182. The zero-order valence-corrected chi connectivity index (χ0v) is 15.0. The van der Waals surface area contributed by atoms with Gasteiger partial charge in [-0.25, -0.2) is 0 Å². The van der Waals surface area contributed by atoms with Crippen LogP contribution in [0.15, 0.2) is 21.1 Å². The molecule has 112 valence electrons. The maximum absolute atomic E-state index is 5.74. The van der Waals surface area contributed by atoms with Crippen LogP contribution in [0.1, 0.15) is 5.56 Å². The third-order valence-electron chi connectivity index (χ3n) is 3.32. The first-order valence-electron chi connectivity index (χ1n) is 6.63. The van der Waals surface area contributed by atoms with Crippen molar-refractivity contribution in [3.63, 3.8) is 0 Å². The minimum absolute atomic E-state index is 0.260. The van der Waals surface area contributed by atoms with Crippen molar-refractivity contribution < 1.29 is 9.47 Å². The SMILES string of the molecule is COc1c(Br)cc(Br)cc1CNCC1CN(C)CCO1. The summed E-state index contributed by atoms with van der Waals surface area (Å²) in [6, 6.07) is 4.06. The Morgan fingerprint density at radius 3 is 2.95 bits per heavy atom. The molecule has 2 rings (SSSR count). The molecule has 1 atom stereocenters.